The molecule has 0 amide bonds. The first-order valence-electron chi connectivity index (χ1n) is 3.48. The third kappa shape index (κ3) is 4.61. The quantitative estimate of drug-likeness (QED) is 0.390. The lowest BCUT2D eigenvalue weighted by Gasteiger charge is -2.22. The summed E-state index contributed by atoms with van der Waals surface area (Å²) in [7, 11) is 7.98. The molecule has 4 heteroatoms. The molecule has 0 radical (unpaired) electrons. The minimum atomic E-state index is 0. The molecule has 0 bridgehead atoms. The number of hydrogen-bond donors (Lipinski definition) is 0. The highest BCUT2D eigenvalue weighted by Gasteiger charge is 2.00. The van der Waals surface area contributed by atoms with Crippen LogP contribution in [-0.2, 0) is 0 Å². The first-order chi connectivity index (χ1) is 4.59. The van der Waals surface area contributed by atoms with Crippen molar-refractivity contribution in [1.82, 2.24) is 9.80 Å². The molecule has 0 fully saturated rings. The van der Waals surface area contributed by atoms with Crippen molar-refractivity contribution in [2.24, 2.45) is 4.99 Å². The van der Waals surface area contributed by atoms with Gasteiger partial charge in [-0.2, -0.15) is 0 Å². The Bertz CT molecular complexity index is 111. The van der Waals surface area contributed by atoms with Gasteiger partial charge in [-0.3, -0.25) is 4.99 Å². The molecule has 0 saturated carbocycles. The third-order valence-electron chi connectivity index (χ3n) is 1.10. The van der Waals surface area contributed by atoms with Crippen molar-refractivity contribution in [1.29, 1.82) is 0 Å². The van der Waals surface area contributed by atoms with Crippen LogP contribution in [-0.4, -0.2) is 56.0 Å². The first-order valence-corrected chi connectivity index (χ1v) is 3.48. The molecule has 0 aliphatic rings. The Morgan fingerprint density at radius 1 is 1.09 bits per heavy atom. The van der Waals surface area contributed by atoms with Crippen molar-refractivity contribution in [3.05, 3.63) is 0 Å². The normalized spacial score (nSPS) is 8.09. The molecule has 0 rings (SSSR count). The van der Waals surface area contributed by atoms with Crippen LogP contribution in [0.15, 0.2) is 4.99 Å². The minimum absolute atomic E-state index is 0. The maximum Gasteiger partial charge on any atom is 0.195 e. The lowest BCUT2D eigenvalue weighted by molar-refractivity contribution is 0.480. The van der Waals surface area contributed by atoms with Crippen LogP contribution >= 0.6 is 0 Å². The Balaban J connectivity index is 0. The highest BCUT2D eigenvalue weighted by molar-refractivity contribution is 5.79. The zero-order chi connectivity index (χ0) is 8.15. The number of aliphatic imine (C=N–C) groups is 1. The predicted molar refractivity (Wildman–Crippen MR) is 49.0 cm³/mol. The molecule has 0 aliphatic heterocycles. The van der Waals surface area contributed by atoms with E-state index in [9.17, 15) is 0 Å². The summed E-state index contributed by atoms with van der Waals surface area (Å²) in [5, 5.41) is 0. The lowest BCUT2D eigenvalue weighted by atomic mass is 10.7. The van der Waals surface area contributed by atoms with Crippen LogP contribution in [0, 0.1) is 0 Å². The van der Waals surface area contributed by atoms with Gasteiger partial charge in [0.1, 0.15) is 0 Å². The van der Waals surface area contributed by atoms with Gasteiger partial charge in [-0.25, -0.2) is 0 Å². The van der Waals surface area contributed by atoms with Gasteiger partial charge < -0.3 is 15.3 Å². The maximum absolute atomic E-state index is 4.29. The van der Waals surface area contributed by atoms with E-state index in [1.807, 2.05) is 44.9 Å². The molecule has 0 spiro atoms. The van der Waals surface area contributed by atoms with Gasteiger partial charge >= 0.3 is 0 Å². The summed E-state index contributed by atoms with van der Waals surface area (Å²) in [4.78, 5) is 8.30. The largest absolute Gasteiger partial charge is 0.412 e. The monoisotopic (exact) mass is 161 g/mol. The van der Waals surface area contributed by atoms with E-state index in [2.05, 4.69) is 4.99 Å². The highest BCUT2D eigenvalue weighted by Crippen LogP contribution is 1.87. The molecule has 0 aromatic carbocycles. The summed E-state index contributed by atoms with van der Waals surface area (Å²) < 4.78 is 0. The van der Waals surface area contributed by atoms with Crippen LogP contribution < -0.4 is 0 Å². The van der Waals surface area contributed by atoms with Gasteiger partial charge in [-0.05, 0) is 6.92 Å². The summed E-state index contributed by atoms with van der Waals surface area (Å²) >= 11 is 0. The van der Waals surface area contributed by atoms with E-state index in [0.29, 0.717) is 0 Å². The second kappa shape index (κ2) is 5.97. The summed E-state index contributed by atoms with van der Waals surface area (Å²) in [5.74, 6) is 1.02. The van der Waals surface area contributed by atoms with Crippen molar-refractivity contribution in [2.45, 2.75) is 6.92 Å². The average molecular weight is 161 g/mol. The van der Waals surface area contributed by atoms with Gasteiger partial charge in [0, 0.05) is 34.7 Å². The van der Waals surface area contributed by atoms with Crippen LogP contribution in [0.4, 0.5) is 0 Å². The second-order valence-electron chi connectivity index (χ2n) is 2.56. The number of guanidine groups is 1. The Kier molecular flexibility index (Phi) is 6.99. The molecule has 11 heavy (non-hydrogen) atoms. The molecule has 68 valence electrons. The summed E-state index contributed by atoms with van der Waals surface area (Å²) in [5.41, 5.74) is 0. The molecule has 4 nitrogen and oxygen atoms in total. The molecule has 2 N–H and O–H groups in total. The second-order valence-corrected chi connectivity index (χ2v) is 2.56. The summed E-state index contributed by atoms with van der Waals surface area (Å²) in [6, 6.07) is 0. The van der Waals surface area contributed by atoms with Crippen molar-refractivity contribution >= 4 is 5.96 Å². The van der Waals surface area contributed by atoms with Crippen molar-refractivity contribution in [2.75, 3.05) is 34.7 Å². The van der Waals surface area contributed by atoms with Crippen LogP contribution in [0.3, 0.4) is 0 Å². The van der Waals surface area contributed by atoms with Gasteiger partial charge in [0.05, 0.1) is 0 Å². The number of nitrogens with zero attached hydrogens (tertiary/aromatic N) is 3. The van der Waals surface area contributed by atoms with Gasteiger partial charge in [0.2, 0.25) is 0 Å². The standard InChI is InChI=1S/C7H17N3.H2O/c1-6-8-7(9(2)3)10(4)5;/h6H2,1-5H3;1H2. The number of hydrogen-bond acceptors (Lipinski definition) is 1. The molecular formula is C7H19N3O. The molecule has 0 atom stereocenters. The van der Waals surface area contributed by atoms with E-state index in [-0.39, 0.29) is 5.48 Å². The fraction of sp³-hybridized carbons (Fsp3) is 0.857. The molecule has 0 unspecified atom stereocenters. The van der Waals surface area contributed by atoms with Crippen LogP contribution in [0.2, 0.25) is 0 Å². The maximum atomic E-state index is 4.29. The van der Waals surface area contributed by atoms with Gasteiger partial charge in [-0.15, -0.1) is 0 Å². The Morgan fingerprint density at radius 3 is 1.55 bits per heavy atom. The van der Waals surface area contributed by atoms with Crippen LogP contribution in [0.1, 0.15) is 6.92 Å². The molecule has 0 aromatic heterocycles. The first kappa shape index (κ1) is 12.9. The fourth-order valence-electron chi connectivity index (χ4n) is 0.824. The van der Waals surface area contributed by atoms with Gasteiger partial charge in [0.15, 0.2) is 5.96 Å². The van der Waals surface area contributed by atoms with E-state index >= 15 is 0 Å². The molecular weight excluding hydrogens is 142 g/mol. The zero-order valence-corrected chi connectivity index (χ0v) is 8.05. The summed E-state index contributed by atoms with van der Waals surface area (Å²) in [6.07, 6.45) is 0. The van der Waals surface area contributed by atoms with Gasteiger partial charge in [0.25, 0.3) is 0 Å². The van der Waals surface area contributed by atoms with Crippen LogP contribution in [0.25, 0.3) is 0 Å². The van der Waals surface area contributed by atoms with Crippen LogP contribution in [0.5, 0.6) is 0 Å². The Hall–Kier alpha value is -0.770. The topological polar surface area (TPSA) is 50.3 Å². The zero-order valence-electron chi connectivity index (χ0n) is 8.05. The molecule has 0 heterocycles. The molecule has 0 saturated heterocycles. The van der Waals surface area contributed by atoms with E-state index in [4.69, 9.17) is 0 Å². The fourth-order valence-corrected chi connectivity index (χ4v) is 0.824. The Morgan fingerprint density at radius 2 is 1.45 bits per heavy atom. The SMILES string of the molecule is CCN=C(N(C)C)N(C)C.O. The molecule has 0 aromatic rings. The Labute approximate surface area is 68.8 Å². The van der Waals surface area contributed by atoms with Crippen molar-refractivity contribution in [3.63, 3.8) is 0 Å². The van der Waals surface area contributed by atoms with E-state index in [1.54, 1.807) is 0 Å². The van der Waals surface area contributed by atoms with E-state index < -0.39 is 0 Å². The predicted octanol–water partition coefficient (Wildman–Crippen LogP) is -0.339. The highest BCUT2D eigenvalue weighted by atomic mass is 16.0. The van der Waals surface area contributed by atoms with E-state index in [0.717, 1.165) is 12.5 Å². The number of rotatable bonds is 1. The van der Waals surface area contributed by atoms with Gasteiger partial charge in [-0.1, -0.05) is 0 Å². The summed E-state index contributed by atoms with van der Waals surface area (Å²) in [6.45, 7) is 2.87. The third-order valence-corrected chi connectivity index (χ3v) is 1.10. The van der Waals surface area contributed by atoms with E-state index in [1.165, 1.54) is 0 Å². The smallest absolute Gasteiger partial charge is 0.195 e. The van der Waals surface area contributed by atoms with Crippen molar-refractivity contribution in [3.8, 4) is 0 Å². The molecule has 0 aliphatic carbocycles. The average Bonchev–Trinajstić information content (AvgIpc) is 1.81. The minimum Gasteiger partial charge on any atom is -0.412 e. The lowest BCUT2D eigenvalue weighted by Crippen LogP contribution is -2.35. The van der Waals surface area contributed by atoms with Crippen molar-refractivity contribution < 1.29 is 5.48 Å².